The van der Waals surface area contributed by atoms with Crippen LogP contribution >= 0.6 is 0 Å². The topological polar surface area (TPSA) is 71.3 Å². The summed E-state index contributed by atoms with van der Waals surface area (Å²) >= 11 is 0. The van der Waals surface area contributed by atoms with Crippen LogP contribution in [0.5, 0.6) is 0 Å². The molecular weight excluding hydrogens is 376 g/mol. The summed E-state index contributed by atoms with van der Waals surface area (Å²) in [6.07, 6.45) is 1.90. The Bertz CT molecular complexity index is 1150. The van der Waals surface area contributed by atoms with Gasteiger partial charge in [-0.05, 0) is 42.7 Å². The van der Waals surface area contributed by atoms with E-state index in [0.29, 0.717) is 28.8 Å². The van der Waals surface area contributed by atoms with Gasteiger partial charge in [-0.1, -0.05) is 60.7 Å². The number of furan rings is 1. The van der Waals surface area contributed by atoms with Gasteiger partial charge in [0, 0.05) is 17.5 Å². The fourth-order valence-corrected chi connectivity index (χ4v) is 3.34. The van der Waals surface area contributed by atoms with Gasteiger partial charge in [0.1, 0.15) is 11.3 Å². The molecule has 2 amide bonds. The van der Waals surface area contributed by atoms with Crippen LogP contribution in [0.2, 0.25) is 0 Å². The summed E-state index contributed by atoms with van der Waals surface area (Å²) in [4.78, 5) is 25.4. The lowest BCUT2D eigenvalue weighted by atomic mass is 10.1. The third-order valence-corrected chi connectivity index (χ3v) is 4.81. The van der Waals surface area contributed by atoms with E-state index in [2.05, 4.69) is 10.6 Å². The molecule has 2 N–H and O–H groups in total. The molecule has 0 spiro atoms. The summed E-state index contributed by atoms with van der Waals surface area (Å²) in [5.74, 6) is -0.459. The van der Waals surface area contributed by atoms with Crippen molar-refractivity contribution in [1.29, 1.82) is 0 Å². The van der Waals surface area contributed by atoms with Crippen molar-refractivity contribution in [2.75, 3.05) is 10.6 Å². The lowest BCUT2D eigenvalue weighted by Crippen LogP contribution is -2.17. The van der Waals surface area contributed by atoms with Crippen LogP contribution in [0.1, 0.15) is 29.0 Å². The molecule has 1 aromatic heterocycles. The van der Waals surface area contributed by atoms with E-state index >= 15 is 0 Å². The summed E-state index contributed by atoms with van der Waals surface area (Å²) in [5, 5.41) is 6.41. The maximum absolute atomic E-state index is 12.8. The SMILES string of the molecule is O=C(CCCc1ccccc1)Nc1c(C(=O)Nc2ccccc2)oc2ccccc12. The van der Waals surface area contributed by atoms with Gasteiger partial charge in [0.05, 0.1) is 0 Å². The Morgan fingerprint density at radius 3 is 2.20 bits per heavy atom. The van der Waals surface area contributed by atoms with Crippen molar-refractivity contribution in [3.8, 4) is 0 Å². The van der Waals surface area contributed by atoms with E-state index in [0.717, 1.165) is 12.8 Å². The Balaban J connectivity index is 1.50. The van der Waals surface area contributed by atoms with Crippen molar-refractivity contribution in [2.45, 2.75) is 19.3 Å². The molecule has 5 heteroatoms. The van der Waals surface area contributed by atoms with Crippen molar-refractivity contribution in [3.63, 3.8) is 0 Å². The lowest BCUT2D eigenvalue weighted by molar-refractivity contribution is -0.116. The number of nitrogens with one attached hydrogen (secondary N) is 2. The van der Waals surface area contributed by atoms with Gasteiger partial charge < -0.3 is 15.1 Å². The molecule has 0 aliphatic carbocycles. The van der Waals surface area contributed by atoms with Crippen LogP contribution in [0.25, 0.3) is 11.0 Å². The summed E-state index contributed by atoms with van der Waals surface area (Å²) < 4.78 is 5.78. The summed E-state index contributed by atoms with van der Waals surface area (Å²) in [7, 11) is 0. The largest absolute Gasteiger partial charge is 0.449 e. The van der Waals surface area contributed by atoms with Crippen LogP contribution in [0.15, 0.2) is 89.3 Å². The van der Waals surface area contributed by atoms with E-state index in [-0.39, 0.29) is 11.7 Å². The summed E-state index contributed by atoms with van der Waals surface area (Å²) in [6, 6.07) is 26.5. The predicted molar refractivity (Wildman–Crippen MR) is 119 cm³/mol. The number of carbonyl (C=O) groups excluding carboxylic acids is 2. The molecule has 30 heavy (non-hydrogen) atoms. The molecule has 0 unspecified atom stereocenters. The molecular formula is C25H22N2O3. The van der Waals surface area contributed by atoms with Gasteiger partial charge in [-0.25, -0.2) is 0 Å². The second kappa shape index (κ2) is 9.09. The molecule has 0 bridgehead atoms. The number of amides is 2. The average molecular weight is 398 g/mol. The highest BCUT2D eigenvalue weighted by molar-refractivity contribution is 6.14. The monoisotopic (exact) mass is 398 g/mol. The molecule has 5 nitrogen and oxygen atoms in total. The second-order valence-corrected chi connectivity index (χ2v) is 7.01. The standard InChI is InChI=1S/C25H22N2O3/c28-22(17-9-12-18-10-3-1-4-11-18)27-23-20-15-7-8-16-21(20)30-24(23)25(29)26-19-13-5-2-6-14-19/h1-8,10-11,13-16H,9,12,17H2,(H,26,29)(H,27,28). The van der Waals surface area contributed by atoms with E-state index in [1.165, 1.54) is 5.56 Å². The van der Waals surface area contributed by atoms with Gasteiger partial charge in [-0.3, -0.25) is 9.59 Å². The number of para-hydroxylation sites is 2. The fraction of sp³-hybridized carbons (Fsp3) is 0.120. The highest BCUT2D eigenvalue weighted by Gasteiger charge is 2.22. The first kappa shape index (κ1) is 19.5. The van der Waals surface area contributed by atoms with Crippen LogP contribution < -0.4 is 10.6 Å². The number of rotatable bonds is 7. The normalized spacial score (nSPS) is 10.7. The molecule has 4 aromatic rings. The maximum atomic E-state index is 12.8. The van der Waals surface area contributed by atoms with Crippen LogP contribution in [0.4, 0.5) is 11.4 Å². The minimum absolute atomic E-state index is 0.0939. The lowest BCUT2D eigenvalue weighted by Gasteiger charge is -2.07. The van der Waals surface area contributed by atoms with E-state index in [1.54, 1.807) is 18.2 Å². The van der Waals surface area contributed by atoms with Crippen LogP contribution in [0.3, 0.4) is 0 Å². The van der Waals surface area contributed by atoms with E-state index in [9.17, 15) is 9.59 Å². The fourth-order valence-electron chi connectivity index (χ4n) is 3.34. The van der Waals surface area contributed by atoms with Crippen molar-refractivity contribution in [3.05, 3.63) is 96.3 Å². The highest BCUT2D eigenvalue weighted by atomic mass is 16.3. The molecule has 3 aromatic carbocycles. The van der Waals surface area contributed by atoms with Crippen LogP contribution in [0, 0.1) is 0 Å². The van der Waals surface area contributed by atoms with E-state index in [1.807, 2.05) is 66.7 Å². The minimum Gasteiger partial charge on any atom is -0.449 e. The Labute approximate surface area is 174 Å². The zero-order valence-electron chi connectivity index (χ0n) is 16.4. The van der Waals surface area contributed by atoms with Gasteiger partial charge in [0.2, 0.25) is 11.7 Å². The Morgan fingerprint density at radius 2 is 1.43 bits per heavy atom. The molecule has 0 saturated carbocycles. The highest BCUT2D eigenvalue weighted by Crippen LogP contribution is 2.31. The molecule has 0 saturated heterocycles. The number of hydrogen-bond donors (Lipinski definition) is 2. The van der Waals surface area contributed by atoms with Crippen molar-refractivity contribution < 1.29 is 14.0 Å². The number of benzene rings is 3. The zero-order chi connectivity index (χ0) is 20.8. The number of anilines is 2. The van der Waals surface area contributed by atoms with Crippen molar-refractivity contribution >= 4 is 34.2 Å². The number of aryl methyl sites for hydroxylation is 1. The van der Waals surface area contributed by atoms with Crippen LogP contribution in [-0.4, -0.2) is 11.8 Å². The Morgan fingerprint density at radius 1 is 0.767 bits per heavy atom. The quantitative estimate of drug-likeness (QED) is 0.423. The van der Waals surface area contributed by atoms with Gasteiger partial charge in [0.25, 0.3) is 5.91 Å². The summed E-state index contributed by atoms with van der Waals surface area (Å²) in [6.45, 7) is 0. The molecule has 0 radical (unpaired) electrons. The Hall–Kier alpha value is -3.86. The molecule has 0 fully saturated rings. The van der Waals surface area contributed by atoms with Crippen molar-refractivity contribution in [1.82, 2.24) is 0 Å². The summed E-state index contributed by atoms with van der Waals surface area (Å²) in [5.41, 5.74) is 2.81. The molecule has 150 valence electrons. The first-order chi connectivity index (χ1) is 14.7. The van der Waals surface area contributed by atoms with Gasteiger partial charge in [0.15, 0.2) is 0 Å². The molecule has 0 aliphatic heterocycles. The van der Waals surface area contributed by atoms with E-state index < -0.39 is 5.91 Å². The maximum Gasteiger partial charge on any atom is 0.293 e. The molecule has 0 atom stereocenters. The van der Waals surface area contributed by atoms with Crippen LogP contribution in [-0.2, 0) is 11.2 Å². The number of fused-ring (bicyclic) bond motifs is 1. The van der Waals surface area contributed by atoms with Gasteiger partial charge >= 0.3 is 0 Å². The molecule has 1 heterocycles. The first-order valence-electron chi connectivity index (χ1n) is 9.92. The average Bonchev–Trinajstić information content (AvgIpc) is 3.14. The third kappa shape index (κ3) is 4.58. The number of carbonyl (C=O) groups is 2. The van der Waals surface area contributed by atoms with Gasteiger partial charge in [-0.2, -0.15) is 0 Å². The predicted octanol–water partition coefficient (Wildman–Crippen LogP) is 5.65. The third-order valence-electron chi connectivity index (χ3n) is 4.81. The smallest absolute Gasteiger partial charge is 0.293 e. The minimum atomic E-state index is -0.406. The van der Waals surface area contributed by atoms with Gasteiger partial charge in [-0.15, -0.1) is 0 Å². The zero-order valence-corrected chi connectivity index (χ0v) is 16.4. The first-order valence-corrected chi connectivity index (χ1v) is 9.92. The van der Waals surface area contributed by atoms with E-state index in [4.69, 9.17) is 4.42 Å². The second-order valence-electron chi connectivity index (χ2n) is 7.01. The Kier molecular flexibility index (Phi) is 5.90. The van der Waals surface area contributed by atoms with Crippen molar-refractivity contribution in [2.24, 2.45) is 0 Å². The molecule has 0 aliphatic rings. The number of hydrogen-bond acceptors (Lipinski definition) is 3. The molecule has 4 rings (SSSR count).